The molecule has 1 aliphatic rings. The maximum absolute atomic E-state index is 12.7. The van der Waals surface area contributed by atoms with Crippen LogP contribution in [0, 0.1) is 5.92 Å². The summed E-state index contributed by atoms with van der Waals surface area (Å²) in [5.41, 5.74) is 0.951. The van der Waals surface area contributed by atoms with Gasteiger partial charge < -0.3 is 20.4 Å². The molecular formula is C26H38N4O2. The third kappa shape index (κ3) is 7.04. The number of carbonyl (C=O) groups is 2. The van der Waals surface area contributed by atoms with Crippen molar-refractivity contribution in [3.8, 4) is 0 Å². The topological polar surface area (TPSA) is 64.7 Å². The molecule has 1 heterocycles. The number of amides is 2. The largest absolute Gasteiger partial charge is 0.354 e. The van der Waals surface area contributed by atoms with E-state index in [1.807, 2.05) is 50.2 Å². The number of hydrogen-bond acceptors (Lipinski definition) is 4. The Labute approximate surface area is 192 Å². The molecule has 32 heavy (non-hydrogen) atoms. The van der Waals surface area contributed by atoms with Gasteiger partial charge in [0.25, 0.3) is 0 Å². The lowest BCUT2D eigenvalue weighted by molar-refractivity contribution is -0.129. The van der Waals surface area contributed by atoms with Gasteiger partial charge in [-0.25, -0.2) is 0 Å². The molecule has 174 valence electrons. The number of likely N-dealkylation sites (N-methyl/N-ethyl adjacent to an activating group) is 1. The molecule has 6 nitrogen and oxygen atoms in total. The number of fused-ring (bicyclic) bond motifs is 1. The van der Waals surface area contributed by atoms with E-state index in [4.69, 9.17) is 0 Å². The van der Waals surface area contributed by atoms with Gasteiger partial charge in [-0.1, -0.05) is 63.2 Å². The molecule has 2 amide bonds. The van der Waals surface area contributed by atoms with Gasteiger partial charge in [0.2, 0.25) is 11.8 Å². The van der Waals surface area contributed by atoms with E-state index in [1.165, 1.54) is 0 Å². The van der Waals surface area contributed by atoms with Gasteiger partial charge in [0, 0.05) is 32.7 Å². The SMILES string of the molecule is CCN1CCN(CCCNC(=O)C(NC(=O)Cc2ccc3ccccc3c2)C(C)C)CC1. The van der Waals surface area contributed by atoms with Gasteiger partial charge in [0.15, 0.2) is 0 Å². The zero-order chi connectivity index (χ0) is 22.9. The Hall–Kier alpha value is -2.44. The average molecular weight is 439 g/mol. The van der Waals surface area contributed by atoms with Crippen molar-refractivity contribution in [3.63, 3.8) is 0 Å². The highest BCUT2D eigenvalue weighted by atomic mass is 16.2. The summed E-state index contributed by atoms with van der Waals surface area (Å²) in [6, 6.07) is 13.6. The standard InChI is InChI=1S/C26H38N4O2/c1-4-29-14-16-30(17-15-29)13-7-12-27-26(32)25(20(2)3)28-24(31)19-21-10-11-22-8-5-6-9-23(22)18-21/h5-6,8-11,18,20,25H,4,7,12-17,19H2,1-3H3,(H,27,32)(H,28,31). The Balaban J connectivity index is 1.43. The highest BCUT2D eigenvalue weighted by Crippen LogP contribution is 2.16. The first-order valence-electron chi connectivity index (χ1n) is 12.0. The number of nitrogens with zero attached hydrogens (tertiary/aromatic N) is 2. The van der Waals surface area contributed by atoms with E-state index in [0.29, 0.717) is 6.54 Å². The minimum absolute atomic E-state index is 0.0256. The van der Waals surface area contributed by atoms with E-state index in [1.54, 1.807) is 0 Å². The molecule has 1 saturated heterocycles. The lowest BCUT2D eigenvalue weighted by Gasteiger charge is -2.34. The fraction of sp³-hybridized carbons (Fsp3) is 0.538. The number of piperazine rings is 1. The second kappa shape index (κ2) is 12.0. The van der Waals surface area contributed by atoms with Crippen LogP contribution in [-0.4, -0.2) is 73.5 Å². The molecule has 6 heteroatoms. The fourth-order valence-electron chi connectivity index (χ4n) is 4.25. The van der Waals surface area contributed by atoms with Crippen LogP contribution in [0.4, 0.5) is 0 Å². The summed E-state index contributed by atoms with van der Waals surface area (Å²) in [5, 5.41) is 8.25. The van der Waals surface area contributed by atoms with Gasteiger partial charge in [0.1, 0.15) is 6.04 Å². The molecule has 0 radical (unpaired) electrons. The molecule has 0 aliphatic carbocycles. The normalized spacial score (nSPS) is 16.2. The van der Waals surface area contributed by atoms with Crippen LogP contribution in [0.1, 0.15) is 32.8 Å². The Morgan fingerprint density at radius 2 is 1.66 bits per heavy atom. The summed E-state index contributed by atoms with van der Waals surface area (Å²) >= 11 is 0. The molecular weight excluding hydrogens is 400 g/mol. The smallest absolute Gasteiger partial charge is 0.242 e. The van der Waals surface area contributed by atoms with Gasteiger partial charge in [-0.3, -0.25) is 9.59 Å². The fourth-order valence-corrected chi connectivity index (χ4v) is 4.25. The highest BCUT2D eigenvalue weighted by Gasteiger charge is 2.24. The van der Waals surface area contributed by atoms with Crippen molar-refractivity contribution in [2.24, 2.45) is 5.92 Å². The lowest BCUT2D eigenvalue weighted by atomic mass is 10.0. The van der Waals surface area contributed by atoms with Gasteiger partial charge in [-0.2, -0.15) is 0 Å². The molecule has 1 unspecified atom stereocenters. The van der Waals surface area contributed by atoms with Crippen molar-refractivity contribution in [1.29, 1.82) is 0 Å². The predicted molar refractivity (Wildman–Crippen MR) is 131 cm³/mol. The Morgan fingerprint density at radius 1 is 0.969 bits per heavy atom. The summed E-state index contributed by atoms with van der Waals surface area (Å²) in [5.74, 6) is -0.191. The Bertz CT molecular complexity index is 890. The van der Waals surface area contributed by atoms with Crippen molar-refractivity contribution in [2.75, 3.05) is 45.8 Å². The second-order valence-corrected chi connectivity index (χ2v) is 9.07. The van der Waals surface area contributed by atoms with E-state index in [9.17, 15) is 9.59 Å². The summed E-state index contributed by atoms with van der Waals surface area (Å²) in [4.78, 5) is 30.3. The number of carbonyl (C=O) groups excluding carboxylic acids is 2. The van der Waals surface area contributed by atoms with E-state index >= 15 is 0 Å². The maximum atomic E-state index is 12.7. The van der Waals surface area contributed by atoms with E-state index in [-0.39, 0.29) is 24.2 Å². The minimum atomic E-state index is -0.518. The van der Waals surface area contributed by atoms with Crippen LogP contribution in [0.15, 0.2) is 42.5 Å². The predicted octanol–water partition coefficient (Wildman–Crippen LogP) is 2.67. The molecule has 1 aliphatic heterocycles. The molecule has 1 atom stereocenters. The molecule has 0 bridgehead atoms. The van der Waals surface area contributed by atoms with Gasteiger partial charge in [-0.05, 0) is 41.8 Å². The molecule has 0 saturated carbocycles. The molecule has 1 fully saturated rings. The monoisotopic (exact) mass is 438 g/mol. The number of nitrogens with one attached hydrogen (secondary N) is 2. The summed E-state index contributed by atoms with van der Waals surface area (Å²) in [6.07, 6.45) is 1.19. The first-order valence-corrected chi connectivity index (χ1v) is 12.0. The van der Waals surface area contributed by atoms with Crippen LogP contribution in [0.3, 0.4) is 0 Å². The van der Waals surface area contributed by atoms with E-state index in [2.05, 4.69) is 33.4 Å². The van der Waals surface area contributed by atoms with Gasteiger partial charge in [-0.15, -0.1) is 0 Å². The van der Waals surface area contributed by atoms with Crippen LogP contribution in [-0.2, 0) is 16.0 Å². The number of benzene rings is 2. The molecule has 2 aromatic carbocycles. The van der Waals surface area contributed by atoms with Crippen molar-refractivity contribution < 1.29 is 9.59 Å². The third-order valence-electron chi connectivity index (χ3n) is 6.31. The van der Waals surface area contributed by atoms with Crippen LogP contribution in [0.5, 0.6) is 0 Å². The van der Waals surface area contributed by atoms with Crippen LogP contribution >= 0.6 is 0 Å². The molecule has 2 N–H and O–H groups in total. The lowest BCUT2D eigenvalue weighted by Crippen LogP contribution is -2.50. The molecule has 0 spiro atoms. The minimum Gasteiger partial charge on any atom is -0.354 e. The summed E-state index contributed by atoms with van der Waals surface area (Å²) in [6.45, 7) is 13.3. The van der Waals surface area contributed by atoms with Crippen LogP contribution in [0.2, 0.25) is 0 Å². The van der Waals surface area contributed by atoms with E-state index in [0.717, 1.165) is 62.0 Å². The zero-order valence-corrected chi connectivity index (χ0v) is 19.8. The van der Waals surface area contributed by atoms with Crippen molar-refractivity contribution >= 4 is 22.6 Å². The number of rotatable bonds is 10. The summed E-state index contributed by atoms with van der Waals surface area (Å²) < 4.78 is 0. The Morgan fingerprint density at radius 3 is 2.34 bits per heavy atom. The van der Waals surface area contributed by atoms with Crippen LogP contribution in [0.25, 0.3) is 10.8 Å². The van der Waals surface area contributed by atoms with E-state index < -0.39 is 6.04 Å². The second-order valence-electron chi connectivity index (χ2n) is 9.07. The van der Waals surface area contributed by atoms with Crippen LogP contribution < -0.4 is 10.6 Å². The zero-order valence-electron chi connectivity index (χ0n) is 19.8. The third-order valence-corrected chi connectivity index (χ3v) is 6.31. The van der Waals surface area contributed by atoms with Gasteiger partial charge in [0.05, 0.1) is 6.42 Å². The van der Waals surface area contributed by atoms with Gasteiger partial charge >= 0.3 is 0 Å². The first-order chi connectivity index (χ1) is 15.5. The van der Waals surface area contributed by atoms with Crippen molar-refractivity contribution in [3.05, 3.63) is 48.0 Å². The molecule has 2 aromatic rings. The highest BCUT2D eigenvalue weighted by molar-refractivity contribution is 5.89. The quantitative estimate of drug-likeness (QED) is 0.560. The first kappa shape index (κ1) is 24.2. The number of hydrogen-bond donors (Lipinski definition) is 2. The van der Waals surface area contributed by atoms with Crippen molar-refractivity contribution in [2.45, 2.75) is 39.7 Å². The molecule has 0 aromatic heterocycles. The Kier molecular flexibility index (Phi) is 9.06. The average Bonchev–Trinajstić information content (AvgIpc) is 2.80. The summed E-state index contributed by atoms with van der Waals surface area (Å²) in [7, 11) is 0. The van der Waals surface area contributed by atoms with Crippen molar-refractivity contribution in [1.82, 2.24) is 20.4 Å². The maximum Gasteiger partial charge on any atom is 0.242 e. The molecule has 3 rings (SSSR count).